The molecule has 0 aliphatic rings. The Hall–Kier alpha value is -1.68. The van der Waals surface area contributed by atoms with Crippen LogP contribution in [0, 0.1) is 6.92 Å². The smallest absolute Gasteiger partial charge is 0.141 e. The fourth-order valence-electron chi connectivity index (χ4n) is 2.03. The Kier molecular flexibility index (Phi) is 3.71. The summed E-state index contributed by atoms with van der Waals surface area (Å²) in [6.07, 6.45) is 0. The van der Waals surface area contributed by atoms with Gasteiger partial charge in [-0.2, -0.15) is 5.10 Å². The number of hydrogen-bond acceptors (Lipinski definition) is 3. The number of nitrogen functional groups attached to an aromatic ring is 1. The standard InChI is InChI=1S/C14H19ClN4/c1-9-13(15)14(16)19(17-9)10(2)11-5-7-12(8-6-11)18(3)4/h5-8,10H,16H2,1-4H3. The molecular weight excluding hydrogens is 260 g/mol. The highest BCUT2D eigenvalue weighted by molar-refractivity contribution is 6.33. The lowest BCUT2D eigenvalue weighted by Crippen LogP contribution is -2.12. The van der Waals surface area contributed by atoms with E-state index in [1.54, 1.807) is 4.68 Å². The van der Waals surface area contributed by atoms with Crippen molar-refractivity contribution in [3.8, 4) is 0 Å². The number of benzene rings is 1. The highest BCUT2D eigenvalue weighted by Gasteiger charge is 2.16. The van der Waals surface area contributed by atoms with Crippen molar-refractivity contribution in [1.82, 2.24) is 9.78 Å². The van der Waals surface area contributed by atoms with Crippen molar-refractivity contribution in [2.75, 3.05) is 24.7 Å². The number of halogens is 1. The molecule has 0 saturated carbocycles. The number of anilines is 2. The minimum Gasteiger partial charge on any atom is -0.383 e. The Morgan fingerprint density at radius 2 is 1.84 bits per heavy atom. The van der Waals surface area contributed by atoms with Gasteiger partial charge in [0.1, 0.15) is 10.8 Å². The van der Waals surface area contributed by atoms with Gasteiger partial charge in [0.15, 0.2) is 0 Å². The number of nitrogens with zero attached hydrogens (tertiary/aromatic N) is 3. The molecular formula is C14H19ClN4. The van der Waals surface area contributed by atoms with Crippen molar-refractivity contribution >= 4 is 23.1 Å². The monoisotopic (exact) mass is 278 g/mol. The Bertz CT molecular complexity index is 572. The van der Waals surface area contributed by atoms with Crippen molar-refractivity contribution in [2.45, 2.75) is 19.9 Å². The molecule has 1 aromatic carbocycles. The van der Waals surface area contributed by atoms with Crippen LogP contribution in [0.4, 0.5) is 11.5 Å². The zero-order valence-electron chi connectivity index (χ0n) is 11.7. The van der Waals surface area contributed by atoms with E-state index >= 15 is 0 Å². The van der Waals surface area contributed by atoms with Crippen LogP contribution < -0.4 is 10.6 Å². The molecule has 19 heavy (non-hydrogen) atoms. The lowest BCUT2D eigenvalue weighted by molar-refractivity contribution is 0.569. The number of aromatic nitrogens is 2. The van der Waals surface area contributed by atoms with Crippen LogP contribution >= 0.6 is 11.6 Å². The SMILES string of the molecule is Cc1nn(C(C)c2ccc(N(C)C)cc2)c(N)c1Cl. The van der Waals surface area contributed by atoms with E-state index in [0.29, 0.717) is 10.8 Å². The molecule has 1 unspecified atom stereocenters. The van der Waals surface area contributed by atoms with E-state index in [1.165, 1.54) is 5.69 Å². The second-order valence-electron chi connectivity index (χ2n) is 4.89. The summed E-state index contributed by atoms with van der Waals surface area (Å²) in [6.45, 7) is 3.92. The summed E-state index contributed by atoms with van der Waals surface area (Å²) in [7, 11) is 4.04. The van der Waals surface area contributed by atoms with Gasteiger partial charge in [-0.1, -0.05) is 23.7 Å². The lowest BCUT2D eigenvalue weighted by Gasteiger charge is -2.17. The van der Waals surface area contributed by atoms with Gasteiger partial charge < -0.3 is 10.6 Å². The molecule has 0 bridgehead atoms. The Labute approximate surface area is 118 Å². The Balaban J connectivity index is 2.33. The minimum absolute atomic E-state index is 0.0578. The first-order valence-corrected chi connectivity index (χ1v) is 6.57. The maximum absolute atomic E-state index is 6.08. The second-order valence-corrected chi connectivity index (χ2v) is 5.27. The number of rotatable bonds is 3. The Morgan fingerprint density at radius 3 is 2.26 bits per heavy atom. The Morgan fingerprint density at radius 1 is 1.26 bits per heavy atom. The molecule has 0 spiro atoms. The van der Waals surface area contributed by atoms with Crippen molar-refractivity contribution in [2.24, 2.45) is 0 Å². The summed E-state index contributed by atoms with van der Waals surface area (Å²) in [5.41, 5.74) is 9.06. The molecule has 0 radical (unpaired) electrons. The summed E-state index contributed by atoms with van der Waals surface area (Å²) in [5, 5.41) is 4.93. The quantitative estimate of drug-likeness (QED) is 0.938. The van der Waals surface area contributed by atoms with Crippen molar-refractivity contribution in [3.63, 3.8) is 0 Å². The maximum atomic E-state index is 6.08. The van der Waals surface area contributed by atoms with Crippen molar-refractivity contribution in [3.05, 3.63) is 40.5 Å². The molecule has 0 saturated heterocycles. The molecule has 2 rings (SSSR count). The summed E-state index contributed by atoms with van der Waals surface area (Å²) in [4.78, 5) is 2.07. The van der Waals surface area contributed by atoms with E-state index < -0.39 is 0 Å². The first-order valence-electron chi connectivity index (χ1n) is 6.19. The van der Waals surface area contributed by atoms with Crippen molar-refractivity contribution in [1.29, 1.82) is 0 Å². The fraction of sp³-hybridized carbons (Fsp3) is 0.357. The van der Waals surface area contributed by atoms with Crippen LogP contribution in [0.25, 0.3) is 0 Å². The van der Waals surface area contributed by atoms with E-state index in [2.05, 4.69) is 41.2 Å². The molecule has 0 amide bonds. The number of nitrogens with two attached hydrogens (primary N) is 1. The van der Waals surface area contributed by atoms with Crippen LogP contribution in [0.2, 0.25) is 5.02 Å². The highest BCUT2D eigenvalue weighted by Crippen LogP contribution is 2.28. The molecule has 0 aliphatic carbocycles. The van der Waals surface area contributed by atoms with Gasteiger partial charge in [-0.15, -0.1) is 0 Å². The van der Waals surface area contributed by atoms with Gasteiger partial charge in [-0.05, 0) is 31.5 Å². The summed E-state index contributed by atoms with van der Waals surface area (Å²) in [5.74, 6) is 0.517. The first kappa shape index (κ1) is 13.7. The normalized spacial score (nSPS) is 12.5. The van der Waals surface area contributed by atoms with Crippen LogP contribution in [0.3, 0.4) is 0 Å². The number of hydrogen-bond donors (Lipinski definition) is 1. The van der Waals surface area contributed by atoms with Crippen LogP contribution in [-0.2, 0) is 0 Å². The van der Waals surface area contributed by atoms with Crippen LogP contribution in [0.1, 0.15) is 24.2 Å². The van der Waals surface area contributed by atoms with Crippen LogP contribution in [-0.4, -0.2) is 23.9 Å². The third-order valence-corrected chi connectivity index (χ3v) is 3.77. The molecule has 0 fully saturated rings. The molecule has 2 aromatic rings. The topological polar surface area (TPSA) is 47.1 Å². The van der Waals surface area contributed by atoms with E-state index in [9.17, 15) is 0 Å². The zero-order chi connectivity index (χ0) is 14.2. The average molecular weight is 279 g/mol. The molecule has 4 nitrogen and oxygen atoms in total. The van der Waals surface area contributed by atoms with E-state index in [1.807, 2.05) is 21.0 Å². The fourth-order valence-corrected chi connectivity index (χ4v) is 2.16. The van der Waals surface area contributed by atoms with E-state index in [-0.39, 0.29) is 6.04 Å². The minimum atomic E-state index is 0.0578. The maximum Gasteiger partial charge on any atom is 0.141 e. The third kappa shape index (κ3) is 2.54. The van der Waals surface area contributed by atoms with Crippen molar-refractivity contribution < 1.29 is 0 Å². The third-order valence-electron chi connectivity index (χ3n) is 3.31. The summed E-state index contributed by atoms with van der Waals surface area (Å²) in [6, 6.07) is 8.40. The van der Waals surface area contributed by atoms with Gasteiger partial charge >= 0.3 is 0 Å². The first-order chi connectivity index (χ1) is 8.91. The lowest BCUT2D eigenvalue weighted by atomic mass is 10.1. The van der Waals surface area contributed by atoms with E-state index in [4.69, 9.17) is 17.3 Å². The predicted octanol–water partition coefficient (Wildman–Crippen LogP) is 3.10. The summed E-state index contributed by atoms with van der Waals surface area (Å²) < 4.78 is 1.77. The average Bonchev–Trinajstić information content (AvgIpc) is 2.66. The van der Waals surface area contributed by atoms with Gasteiger partial charge in [0.05, 0.1) is 11.7 Å². The molecule has 102 valence electrons. The highest BCUT2D eigenvalue weighted by atomic mass is 35.5. The molecule has 0 aliphatic heterocycles. The second kappa shape index (κ2) is 5.13. The molecule has 5 heteroatoms. The molecule has 1 heterocycles. The molecule has 1 aromatic heterocycles. The van der Waals surface area contributed by atoms with Gasteiger partial charge in [0, 0.05) is 19.8 Å². The predicted molar refractivity (Wildman–Crippen MR) is 81.0 cm³/mol. The van der Waals surface area contributed by atoms with Gasteiger partial charge in [-0.25, -0.2) is 4.68 Å². The van der Waals surface area contributed by atoms with Gasteiger partial charge in [0.25, 0.3) is 0 Å². The van der Waals surface area contributed by atoms with Crippen LogP contribution in [0.5, 0.6) is 0 Å². The van der Waals surface area contributed by atoms with Gasteiger partial charge in [0.2, 0.25) is 0 Å². The van der Waals surface area contributed by atoms with E-state index in [0.717, 1.165) is 11.3 Å². The zero-order valence-corrected chi connectivity index (χ0v) is 12.4. The molecule has 2 N–H and O–H groups in total. The van der Waals surface area contributed by atoms with Crippen LogP contribution in [0.15, 0.2) is 24.3 Å². The largest absolute Gasteiger partial charge is 0.383 e. The number of aryl methyl sites for hydroxylation is 1. The van der Waals surface area contributed by atoms with Gasteiger partial charge in [-0.3, -0.25) is 0 Å². The molecule has 1 atom stereocenters. The summed E-state index contributed by atoms with van der Waals surface area (Å²) >= 11 is 6.08.